The molecule has 1 heterocycles. The minimum absolute atomic E-state index is 0.0282. The van der Waals surface area contributed by atoms with E-state index in [-0.39, 0.29) is 29.9 Å². The molecule has 0 aliphatic carbocycles. The van der Waals surface area contributed by atoms with Crippen molar-refractivity contribution in [3.63, 3.8) is 0 Å². The lowest BCUT2D eigenvalue weighted by Gasteiger charge is -2.06. The summed E-state index contributed by atoms with van der Waals surface area (Å²) >= 11 is 6.06. The predicted octanol–water partition coefficient (Wildman–Crippen LogP) is 1.55. The third kappa shape index (κ3) is 2.97. The van der Waals surface area contributed by atoms with Crippen LogP contribution in [0.3, 0.4) is 0 Å². The van der Waals surface area contributed by atoms with Crippen LogP contribution in [-0.4, -0.2) is 32.0 Å². The molecule has 2 aromatic rings. The Morgan fingerprint density at radius 1 is 1.40 bits per heavy atom. The van der Waals surface area contributed by atoms with Crippen LogP contribution < -0.4 is 5.32 Å². The number of amides is 1. The zero-order valence-electron chi connectivity index (χ0n) is 11.2. The van der Waals surface area contributed by atoms with Crippen LogP contribution in [0, 0.1) is 0 Å². The molecule has 20 heavy (non-hydrogen) atoms. The van der Waals surface area contributed by atoms with Crippen molar-refractivity contribution in [2.75, 3.05) is 0 Å². The van der Waals surface area contributed by atoms with Crippen molar-refractivity contribution in [2.45, 2.75) is 26.5 Å². The number of benzene rings is 1. The minimum atomic E-state index is -0.373. The molecule has 2 N–H and O–H groups in total. The summed E-state index contributed by atoms with van der Waals surface area (Å²) in [7, 11) is 0. The Labute approximate surface area is 121 Å². The first-order valence-corrected chi connectivity index (χ1v) is 6.53. The second kappa shape index (κ2) is 6.02. The van der Waals surface area contributed by atoms with E-state index in [0.717, 1.165) is 0 Å². The summed E-state index contributed by atoms with van der Waals surface area (Å²) in [4.78, 5) is 13.2. The van der Waals surface area contributed by atoms with Crippen molar-refractivity contribution in [2.24, 2.45) is 0 Å². The molecule has 6 nitrogen and oxygen atoms in total. The van der Waals surface area contributed by atoms with Crippen LogP contribution >= 0.6 is 11.6 Å². The lowest BCUT2D eigenvalue weighted by molar-refractivity contribution is 0.0934. The van der Waals surface area contributed by atoms with E-state index >= 15 is 0 Å². The highest BCUT2D eigenvalue weighted by atomic mass is 35.5. The number of aliphatic hydroxyl groups is 1. The van der Waals surface area contributed by atoms with Gasteiger partial charge < -0.3 is 10.4 Å². The van der Waals surface area contributed by atoms with Gasteiger partial charge in [-0.05, 0) is 26.0 Å². The standard InChI is InChI=1S/C13H15ClN4O2/c1-8(2)15-13(20)12-10(7-19)16-18(17-12)11-6-4-3-5-9(11)14/h3-6,8,19H,7H2,1-2H3,(H,15,20). The number of rotatable bonds is 4. The Bertz CT molecular complexity index is 625. The first kappa shape index (κ1) is 14.5. The number of halogens is 1. The van der Waals surface area contributed by atoms with Gasteiger partial charge in [0, 0.05) is 6.04 Å². The van der Waals surface area contributed by atoms with E-state index in [9.17, 15) is 9.90 Å². The van der Waals surface area contributed by atoms with Crippen molar-refractivity contribution in [1.29, 1.82) is 0 Å². The Morgan fingerprint density at radius 3 is 2.70 bits per heavy atom. The molecule has 0 atom stereocenters. The lowest BCUT2D eigenvalue weighted by Crippen LogP contribution is -2.31. The smallest absolute Gasteiger partial charge is 0.274 e. The third-order valence-corrected chi connectivity index (χ3v) is 2.86. The van der Waals surface area contributed by atoms with Gasteiger partial charge in [0.15, 0.2) is 5.69 Å². The topological polar surface area (TPSA) is 80.0 Å². The van der Waals surface area contributed by atoms with Gasteiger partial charge in [-0.3, -0.25) is 4.79 Å². The maximum atomic E-state index is 12.0. The van der Waals surface area contributed by atoms with Crippen LogP contribution in [0.25, 0.3) is 5.69 Å². The monoisotopic (exact) mass is 294 g/mol. The molecular formula is C13H15ClN4O2. The normalized spacial score (nSPS) is 10.8. The van der Waals surface area contributed by atoms with Gasteiger partial charge in [-0.2, -0.15) is 0 Å². The molecule has 0 fully saturated rings. The number of nitrogens with one attached hydrogen (secondary N) is 1. The average molecular weight is 295 g/mol. The molecule has 0 saturated heterocycles. The highest BCUT2D eigenvalue weighted by molar-refractivity contribution is 6.32. The van der Waals surface area contributed by atoms with Gasteiger partial charge >= 0.3 is 0 Å². The molecule has 1 aromatic carbocycles. The predicted molar refractivity (Wildman–Crippen MR) is 74.9 cm³/mol. The van der Waals surface area contributed by atoms with Gasteiger partial charge in [0.1, 0.15) is 11.4 Å². The molecule has 0 aliphatic heterocycles. The second-order valence-corrected chi connectivity index (χ2v) is 4.93. The van der Waals surface area contributed by atoms with Crippen LogP contribution in [0.1, 0.15) is 30.0 Å². The number of aliphatic hydroxyl groups excluding tert-OH is 1. The van der Waals surface area contributed by atoms with Gasteiger partial charge in [-0.25, -0.2) is 0 Å². The van der Waals surface area contributed by atoms with E-state index in [0.29, 0.717) is 10.7 Å². The van der Waals surface area contributed by atoms with Gasteiger partial charge in [0.05, 0.1) is 11.6 Å². The highest BCUT2D eigenvalue weighted by Crippen LogP contribution is 2.19. The first-order valence-electron chi connectivity index (χ1n) is 6.15. The number of aromatic nitrogens is 3. The number of hydrogen-bond donors (Lipinski definition) is 2. The number of carbonyl (C=O) groups excluding carboxylic acids is 1. The Morgan fingerprint density at radius 2 is 2.10 bits per heavy atom. The van der Waals surface area contributed by atoms with Gasteiger partial charge in [0.25, 0.3) is 5.91 Å². The van der Waals surface area contributed by atoms with Crippen molar-refractivity contribution >= 4 is 17.5 Å². The van der Waals surface area contributed by atoms with E-state index in [1.54, 1.807) is 24.3 Å². The summed E-state index contributed by atoms with van der Waals surface area (Å²) in [6, 6.07) is 6.98. The zero-order valence-corrected chi connectivity index (χ0v) is 11.9. The number of nitrogens with zero attached hydrogens (tertiary/aromatic N) is 3. The highest BCUT2D eigenvalue weighted by Gasteiger charge is 2.19. The summed E-state index contributed by atoms with van der Waals surface area (Å²) in [5.74, 6) is -0.373. The molecule has 7 heteroatoms. The lowest BCUT2D eigenvalue weighted by atomic mass is 10.3. The molecule has 0 bridgehead atoms. The Balaban J connectivity index is 2.41. The van der Waals surface area contributed by atoms with E-state index in [1.807, 2.05) is 13.8 Å². The quantitative estimate of drug-likeness (QED) is 0.896. The molecule has 0 spiro atoms. The van der Waals surface area contributed by atoms with Crippen molar-refractivity contribution in [1.82, 2.24) is 20.3 Å². The van der Waals surface area contributed by atoms with Gasteiger partial charge in [-0.15, -0.1) is 15.0 Å². The molecule has 0 radical (unpaired) electrons. The van der Waals surface area contributed by atoms with Crippen LogP contribution in [0.5, 0.6) is 0 Å². The Hall–Kier alpha value is -1.92. The summed E-state index contributed by atoms with van der Waals surface area (Å²) in [5, 5.41) is 20.7. The van der Waals surface area contributed by atoms with E-state index in [2.05, 4.69) is 15.5 Å². The largest absolute Gasteiger partial charge is 0.390 e. The fourth-order valence-electron chi connectivity index (χ4n) is 1.67. The van der Waals surface area contributed by atoms with Crippen molar-refractivity contribution < 1.29 is 9.90 Å². The van der Waals surface area contributed by atoms with Crippen LogP contribution in [-0.2, 0) is 6.61 Å². The Kier molecular flexibility index (Phi) is 4.36. The summed E-state index contributed by atoms with van der Waals surface area (Å²) < 4.78 is 0. The summed E-state index contributed by atoms with van der Waals surface area (Å²) in [5.41, 5.74) is 0.858. The molecule has 0 unspecified atom stereocenters. The average Bonchev–Trinajstić information content (AvgIpc) is 2.82. The molecule has 1 aromatic heterocycles. The molecule has 2 rings (SSSR count). The number of para-hydroxylation sites is 1. The molecule has 106 valence electrons. The number of carbonyl (C=O) groups is 1. The fourth-order valence-corrected chi connectivity index (χ4v) is 1.88. The van der Waals surface area contributed by atoms with E-state index in [4.69, 9.17) is 11.6 Å². The summed E-state index contributed by atoms with van der Waals surface area (Å²) in [6.45, 7) is 3.31. The van der Waals surface area contributed by atoms with Crippen LogP contribution in [0.15, 0.2) is 24.3 Å². The van der Waals surface area contributed by atoms with Crippen LogP contribution in [0.4, 0.5) is 0 Å². The van der Waals surface area contributed by atoms with E-state index in [1.165, 1.54) is 4.80 Å². The minimum Gasteiger partial charge on any atom is -0.390 e. The maximum Gasteiger partial charge on any atom is 0.274 e. The second-order valence-electron chi connectivity index (χ2n) is 4.52. The first-order chi connectivity index (χ1) is 9.52. The molecule has 0 aliphatic rings. The SMILES string of the molecule is CC(C)NC(=O)c1nn(-c2ccccc2Cl)nc1CO. The third-order valence-electron chi connectivity index (χ3n) is 2.54. The molecule has 1 amide bonds. The van der Waals surface area contributed by atoms with Crippen molar-refractivity contribution in [3.8, 4) is 5.69 Å². The molecular weight excluding hydrogens is 280 g/mol. The van der Waals surface area contributed by atoms with Gasteiger partial charge in [0.2, 0.25) is 0 Å². The maximum absolute atomic E-state index is 12.0. The van der Waals surface area contributed by atoms with E-state index < -0.39 is 0 Å². The summed E-state index contributed by atoms with van der Waals surface area (Å²) in [6.07, 6.45) is 0. The van der Waals surface area contributed by atoms with Gasteiger partial charge in [-0.1, -0.05) is 23.7 Å². The fraction of sp³-hybridized carbons (Fsp3) is 0.308. The number of hydrogen-bond acceptors (Lipinski definition) is 4. The molecule has 0 saturated carbocycles. The van der Waals surface area contributed by atoms with Crippen molar-refractivity contribution in [3.05, 3.63) is 40.7 Å². The zero-order chi connectivity index (χ0) is 14.7. The van der Waals surface area contributed by atoms with Crippen LogP contribution in [0.2, 0.25) is 5.02 Å².